The summed E-state index contributed by atoms with van der Waals surface area (Å²) >= 11 is 1.36. The third-order valence-corrected chi connectivity index (χ3v) is 6.93. The maximum Gasteiger partial charge on any atom is 0.339 e. The van der Waals surface area contributed by atoms with Gasteiger partial charge in [0.1, 0.15) is 5.75 Å². The standard InChI is InChI=1S/C23H21N5O4S/c1-31-23(30)22-28(20(21(24)29)16-4-2-3-8-25-16)19-15-6-5-13(14-11-26-27-12-14)10-17(15)32-9-7-18(19)33-22/h2-6,8,10-12,20,22H,7,9H2,1H3,(H2,24,29)(H,26,27). The van der Waals surface area contributed by atoms with Crippen molar-refractivity contribution in [3.05, 3.63) is 71.2 Å². The third-order valence-electron chi connectivity index (χ3n) is 5.60. The number of H-pyrrole nitrogens is 1. The molecule has 0 saturated carbocycles. The molecule has 33 heavy (non-hydrogen) atoms. The second-order valence-corrected chi connectivity index (χ2v) is 8.70. The van der Waals surface area contributed by atoms with Crippen molar-refractivity contribution in [2.24, 2.45) is 5.73 Å². The first kappa shape index (κ1) is 21.1. The lowest BCUT2D eigenvalue weighted by Gasteiger charge is -2.33. The Hall–Kier alpha value is -3.79. The zero-order chi connectivity index (χ0) is 22.9. The summed E-state index contributed by atoms with van der Waals surface area (Å²) in [5, 5.41) is 6.05. The summed E-state index contributed by atoms with van der Waals surface area (Å²) in [4.78, 5) is 32.6. The van der Waals surface area contributed by atoms with Gasteiger partial charge in [0.2, 0.25) is 5.91 Å². The van der Waals surface area contributed by atoms with Crippen molar-refractivity contribution in [3.8, 4) is 16.9 Å². The number of pyridine rings is 1. The summed E-state index contributed by atoms with van der Waals surface area (Å²) in [6.45, 7) is 0.431. The quantitative estimate of drug-likeness (QED) is 0.554. The lowest BCUT2D eigenvalue weighted by molar-refractivity contribution is -0.143. The first-order valence-electron chi connectivity index (χ1n) is 10.3. The number of carbonyl (C=O) groups is 2. The third kappa shape index (κ3) is 3.72. The molecule has 0 radical (unpaired) electrons. The number of rotatable bonds is 5. The Bertz CT molecular complexity index is 1230. The van der Waals surface area contributed by atoms with Gasteiger partial charge in [-0.15, -0.1) is 0 Å². The topological polar surface area (TPSA) is 123 Å². The Labute approximate surface area is 194 Å². The van der Waals surface area contributed by atoms with Crippen LogP contribution in [-0.4, -0.2) is 51.0 Å². The smallest absolute Gasteiger partial charge is 0.339 e. The first-order valence-corrected chi connectivity index (χ1v) is 11.2. The van der Waals surface area contributed by atoms with E-state index in [-0.39, 0.29) is 0 Å². The molecule has 2 aromatic heterocycles. The van der Waals surface area contributed by atoms with E-state index in [4.69, 9.17) is 15.2 Å². The van der Waals surface area contributed by atoms with Crippen LogP contribution in [0.1, 0.15) is 23.7 Å². The van der Waals surface area contributed by atoms with Crippen LogP contribution in [0.25, 0.3) is 16.8 Å². The van der Waals surface area contributed by atoms with Gasteiger partial charge in [0.05, 0.1) is 31.3 Å². The molecule has 3 N–H and O–H groups in total. The normalized spacial score (nSPS) is 18.1. The van der Waals surface area contributed by atoms with E-state index in [2.05, 4.69) is 15.2 Å². The number of benzene rings is 1. The number of amides is 1. The highest BCUT2D eigenvalue weighted by Crippen LogP contribution is 2.52. The lowest BCUT2D eigenvalue weighted by Crippen LogP contribution is -2.43. The van der Waals surface area contributed by atoms with Crippen LogP contribution in [0.2, 0.25) is 0 Å². The Morgan fingerprint density at radius 3 is 2.88 bits per heavy atom. The number of thioether (sulfide) groups is 1. The van der Waals surface area contributed by atoms with Crippen LogP contribution in [0, 0.1) is 0 Å². The molecule has 2 unspecified atom stereocenters. The van der Waals surface area contributed by atoms with Crippen LogP contribution >= 0.6 is 11.8 Å². The molecule has 3 aromatic rings. The maximum absolute atomic E-state index is 12.8. The van der Waals surface area contributed by atoms with Crippen LogP contribution in [0.3, 0.4) is 0 Å². The van der Waals surface area contributed by atoms with Gasteiger partial charge < -0.3 is 20.1 Å². The predicted molar refractivity (Wildman–Crippen MR) is 122 cm³/mol. The van der Waals surface area contributed by atoms with Gasteiger partial charge in [-0.2, -0.15) is 5.10 Å². The summed E-state index contributed by atoms with van der Waals surface area (Å²) in [7, 11) is 1.33. The van der Waals surface area contributed by atoms with E-state index in [9.17, 15) is 9.59 Å². The highest BCUT2D eigenvalue weighted by atomic mass is 32.2. The van der Waals surface area contributed by atoms with Crippen LogP contribution in [0.15, 0.2) is 59.9 Å². The number of esters is 1. The summed E-state index contributed by atoms with van der Waals surface area (Å²) in [6, 6.07) is 10.1. The van der Waals surface area contributed by atoms with Gasteiger partial charge >= 0.3 is 5.97 Å². The molecule has 0 aliphatic carbocycles. The molecule has 5 rings (SSSR count). The second-order valence-electron chi connectivity index (χ2n) is 7.53. The molecule has 168 valence electrons. The zero-order valence-corrected chi connectivity index (χ0v) is 18.5. The van der Waals surface area contributed by atoms with Crippen LogP contribution in [0.5, 0.6) is 5.75 Å². The number of carbonyl (C=O) groups excluding carboxylic acids is 2. The van der Waals surface area contributed by atoms with Gasteiger partial charge in [-0.25, -0.2) is 4.79 Å². The van der Waals surface area contributed by atoms with Crippen LogP contribution in [0.4, 0.5) is 0 Å². The van der Waals surface area contributed by atoms with Gasteiger partial charge in [0.15, 0.2) is 11.4 Å². The Balaban J connectivity index is 1.66. The fraction of sp³-hybridized carbons (Fsp3) is 0.217. The second kappa shape index (κ2) is 8.62. The van der Waals surface area contributed by atoms with Gasteiger partial charge in [-0.05, 0) is 29.8 Å². The minimum atomic E-state index is -0.963. The highest BCUT2D eigenvalue weighted by molar-refractivity contribution is 8.04. The summed E-state index contributed by atoms with van der Waals surface area (Å²) in [6.07, 6.45) is 5.71. The zero-order valence-electron chi connectivity index (χ0n) is 17.7. The fourth-order valence-electron chi connectivity index (χ4n) is 4.14. The summed E-state index contributed by atoms with van der Waals surface area (Å²) < 4.78 is 11.2. The fourth-order valence-corrected chi connectivity index (χ4v) is 5.48. The van der Waals surface area contributed by atoms with Crippen molar-refractivity contribution in [1.29, 1.82) is 0 Å². The molecule has 0 spiro atoms. The molecule has 9 nitrogen and oxygen atoms in total. The number of methoxy groups -OCH3 is 1. The molecule has 2 aliphatic heterocycles. The molecular weight excluding hydrogens is 442 g/mol. The van der Waals surface area contributed by atoms with Crippen molar-refractivity contribution in [3.63, 3.8) is 0 Å². The van der Waals surface area contributed by atoms with E-state index in [1.54, 1.807) is 41.7 Å². The number of nitrogens with two attached hydrogens (primary N) is 1. The van der Waals surface area contributed by atoms with Gasteiger partial charge in [-0.3, -0.25) is 14.9 Å². The average Bonchev–Trinajstić information content (AvgIpc) is 3.45. The predicted octanol–water partition coefficient (Wildman–Crippen LogP) is 2.70. The molecule has 1 amide bonds. The van der Waals surface area contributed by atoms with E-state index in [0.29, 0.717) is 24.5 Å². The summed E-state index contributed by atoms with van der Waals surface area (Å²) in [5.74, 6) is -0.425. The van der Waals surface area contributed by atoms with Crippen LogP contribution < -0.4 is 10.5 Å². The van der Waals surface area contributed by atoms with Crippen molar-refractivity contribution in [2.75, 3.05) is 13.7 Å². The lowest BCUT2D eigenvalue weighted by atomic mass is 10.0. The number of nitrogens with zero attached hydrogens (tertiary/aromatic N) is 3. The SMILES string of the molecule is COC(=O)C1SC2=C(c3ccc(-c4cn[nH]c4)cc3OCC2)N1C(C(N)=O)c1ccccn1. The molecule has 0 saturated heterocycles. The van der Waals surface area contributed by atoms with E-state index < -0.39 is 23.3 Å². The maximum atomic E-state index is 12.8. The van der Waals surface area contributed by atoms with Crippen molar-refractivity contribution in [2.45, 2.75) is 17.8 Å². The van der Waals surface area contributed by atoms with Gasteiger partial charge in [0, 0.05) is 34.8 Å². The van der Waals surface area contributed by atoms with Crippen molar-refractivity contribution < 1.29 is 19.1 Å². The average molecular weight is 464 g/mol. The number of hydrogen-bond donors (Lipinski definition) is 2. The van der Waals surface area contributed by atoms with Crippen molar-refractivity contribution >= 4 is 29.3 Å². The first-order chi connectivity index (χ1) is 16.1. The number of ether oxygens (including phenoxy) is 2. The van der Waals surface area contributed by atoms with Gasteiger partial charge in [-0.1, -0.05) is 23.9 Å². The molecule has 1 aromatic carbocycles. The largest absolute Gasteiger partial charge is 0.492 e. The Morgan fingerprint density at radius 1 is 1.30 bits per heavy atom. The molecule has 0 fully saturated rings. The number of aromatic nitrogens is 3. The molecule has 2 aliphatic rings. The molecule has 2 atom stereocenters. The Kier molecular flexibility index (Phi) is 5.51. The van der Waals surface area contributed by atoms with E-state index in [1.165, 1.54) is 18.9 Å². The molecule has 4 heterocycles. The Morgan fingerprint density at radius 2 is 2.18 bits per heavy atom. The number of hydrogen-bond acceptors (Lipinski definition) is 8. The minimum Gasteiger partial charge on any atom is -0.492 e. The van der Waals surface area contributed by atoms with E-state index >= 15 is 0 Å². The van der Waals surface area contributed by atoms with Crippen molar-refractivity contribution in [1.82, 2.24) is 20.1 Å². The summed E-state index contributed by atoms with van der Waals surface area (Å²) in [5.41, 5.74) is 9.69. The van der Waals surface area contributed by atoms with Gasteiger partial charge in [0.25, 0.3) is 0 Å². The van der Waals surface area contributed by atoms with E-state index in [0.717, 1.165) is 27.3 Å². The number of nitrogens with one attached hydrogen (secondary N) is 1. The number of primary amides is 1. The minimum absolute atomic E-state index is 0.431. The monoisotopic (exact) mass is 463 g/mol. The number of fused-ring (bicyclic) bond motifs is 2. The molecular formula is C23H21N5O4S. The highest BCUT2D eigenvalue weighted by Gasteiger charge is 2.46. The van der Waals surface area contributed by atoms with E-state index in [1.807, 2.05) is 18.2 Å². The van der Waals surface area contributed by atoms with Crippen LogP contribution in [-0.2, 0) is 14.3 Å². The molecule has 0 bridgehead atoms. The molecule has 10 heteroatoms. The number of aromatic amines is 1.